The van der Waals surface area contributed by atoms with Gasteiger partial charge in [-0.3, -0.25) is 4.79 Å². The monoisotopic (exact) mass is 357 g/mol. The second-order valence-corrected chi connectivity index (χ2v) is 5.70. The number of nitrogens with one attached hydrogen (secondary N) is 1. The quantitative estimate of drug-likeness (QED) is 0.768. The van der Waals surface area contributed by atoms with Crippen LogP contribution in [-0.4, -0.2) is 34.9 Å². The molecule has 1 rings (SSSR count). The van der Waals surface area contributed by atoms with E-state index in [2.05, 4.69) is 21.2 Å². The maximum atomic E-state index is 12.3. The van der Waals surface area contributed by atoms with Crippen molar-refractivity contribution in [1.82, 2.24) is 4.90 Å². The number of benzene rings is 1. The summed E-state index contributed by atoms with van der Waals surface area (Å²) in [6.07, 6.45) is 0. The van der Waals surface area contributed by atoms with Crippen molar-refractivity contribution in [3.05, 3.63) is 28.2 Å². The minimum absolute atomic E-state index is 0.0591. The van der Waals surface area contributed by atoms with Gasteiger partial charge in [-0.05, 0) is 48.8 Å². The fourth-order valence-electron chi connectivity index (χ4n) is 2.00. The molecule has 1 amide bonds. The van der Waals surface area contributed by atoms with E-state index in [9.17, 15) is 4.79 Å². The van der Waals surface area contributed by atoms with Crippen LogP contribution in [0.15, 0.2) is 22.7 Å². The SMILES string of the molecule is CCN(CC)C(=O)C(C)Nc1cccc(Br)c1C(N)=S. The lowest BCUT2D eigenvalue weighted by atomic mass is 10.1. The molecular formula is C14H20BrN3OS. The van der Waals surface area contributed by atoms with Crippen LogP contribution < -0.4 is 11.1 Å². The topological polar surface area (TPSA) is 58.4 Å². The van der Waals surface area contributed by atoms with Gasteiger partial charge in [-0.25, -0.2) is 0 Å². The smallest absolute Gasteiger partial charge is 0.244 e. The Balaban J connectivity index is 2.96. The molecule has 4 nitrogen and oxygen atoms in total. The standard InChI is InChI=1S/C14H20BrN3OS/c1-4-18(5-2)14(19)9(3)17-11-8-6-7-10(15)12(11)13(16)20/h6-9,17H,4-5H2,1-3H3,(H2,16,20). The summed E-state index contributed by atoms with van der Waals surface area (Å²) in [5.74, 6) is 0.0591. The van der Waals surface area contributed by atoms with Crippen LogP contribution in [0.3, 0.4) is 0 Å². The fourth-order valence-corrected chi connectivity index (χ4v) is 2.93. The summed E-state index contributed by atoms with van der Waals surface area (Å²) in [6.45, 7) is 7.16. The third-order valence-electron chi connectivity index (χ3n) is 3.08. The predicted molar refractivity (Wildman–Crippen MR) is 91.0 cm³/mol. The van der Waals surface area contributed by atoms with Gasteiger partial charge in [-0.2, -0.15) is 0 Å². The molecule has 0 radical (unpaired) electrons. The van der Waals surface area contributed by atoms with E-state index in [1.165, 1.54) is 0 Å². The van der Waals surface area contributed by atoms with E-state index < -0.39 is 0 Å². The molecule has 0 aliphatic carbocycles. The van der Waals surface area contributed by atoms with Gasteiger partial charge in [0.05, 0.1) is 0 Å². The van der Waals surface area contributed by atoms with Crippen molar-refractivity contribution in [2.45, 2.75) is 26.8 Å². The maximum absolute atomic E-state index is 12.3. The first-order valence-corrected chi connectivity index (χ1v) is 7.76. The number of nitrogens with zero attached hydrogens (tertiary/aromatic N) is 1. The van der Waals surface area contributed by atoms with E-state index in [4.69, 9.17) is 18.0 Å². The summed E-state index contributed by atoms with van der Waals surface area (Å²) in [6, 6.07) is 5.28. The minimum atomic E-state index is -0.336. The summed E-state index contributed by atoms with van der Waals surface area (Å²) in [4.78, 5) is 14.3. The minimum Gasteiger partial charge on any atom is -0.389 e. The summed E-state index contributed by atoms with van der Waals surface area (Å²) in [5.41, 5.74) is 7.23. The molecule has 0 aliphatic heterocycles. The number of anilines is 1. The number of halogens is 1. The number of rotatable bonds is 6. The van der Waals surface area contributed by atoms with Gasteiger partial charge >= 0.3 is 0 Å². The van der Waals surface area contributed by atoms with E-state index in [0.29, 0.717) is 18.1 Å². The van der Waals surface area contributed by atoms with Gasteiger partial charge < -0.3 is 16.0 Å². The molecule has 3 N–H and O–H groups in total. The zero-order chi connectivity index (χ0) is 15.3. The van der Waals surface area contributed by atoms with E-state index in [1.54, 1.807) is 4.90 Å². The van der Waals surface area contributed by atoms with Crippen LogP contribution in [0.4, 0.5) is 5.69 Å². The highest BCUT2D eigenvalue weighted by Gasteiger charge is 2.19. The molecule has 0 bridgehead atoms. The first-order valence-electron chi connectivity index (χ1n) is 6.55. The summed E-state index contributed by atoms with van der Waals surface area (Å²) >= 11 is 8.49. The van der Waals surface area contributed by atoms with E-state index in [1.807, 2.05) is 39.0 Å². The molecule has 0 aliphatic rings. The van der Waals surface area contributed by atoms with Crippen LogP contribution in [0.2, 0.25) is 0 Å². The molecule has 0 heterocycles. The number of hydrogen-bond donors (Lipinski definition) is 2. The van der Waals surface area contributed by atoms with Crippen molar-refractivity contribution in [1.29, 1.82) is 0 Å². The molecule has 0 fully saturated rings. The number of hydrogen-bond acceptors (Lipinski definition) is 3. The summed E-state index contributed by atoms with van der Waals surface area (Å²) < 4.78 is 0.817. The first kappa shape index (κ1) is 16.9. The number of carbonyl (C=O) groups excluding carboxylic acids is 1. The number of carbonyl (C=O) groups is 1. The second kappa shape index (κ2) is 7.59. The van der Waals surface area contributed by atoms with Gasteiger partial charge in [0.1, 0.15) is 11.0 Å². The molecule has 1 atom stereocenters. The van der Waals surface area contributed by atoms with Crippen LogP contribution in [0.5, 0.6) is 0 Å². The summed E-state index contributed by atoms with van der Waals surface area (Å²) in [5, 5.41) is 3.19. The Morgan fingerprint density at radius 2 is 2.05 bits per heavy atom. The van der Waals surface area contributed by atoms with Crippen molar-refractivity contribution in [2.75, 3.05) is 18.4 Å². The van der Waals surface area contributed by atoms with Crippen molar-refractivity contribution < 1.29 is 4.79 Å². The molecule has 20 heavy (non-hydrogen) atoms. The molecule has 0 spiro atoms. The van der Waals surface area contributed by atoms with Gasteiger partial charge in [0.25, 0.3) is 0 Å². The highest BCUT2D eigenvalue weighted by molar-refractivity contribution is 9.10. The molecule has 1 unspecified atom stereocenters. The van der Waals surface area contributed by atoms with Crippen molar-refractivity contribution in [3.63, 3.8) is 0 Å². The average molecular weight is 358 g/mol. The zero-order valence-corrected chi connectivity index (χ0v) is 14.3. The molecule has 1 aromatic carbocycles. The van der Waals surface area contributed by atoms with Gasteiger partial charge in [0, 0.05) is 28.8 Å². The Bertz CT molecular complexity index is 503. The van der Waals surface area contributed by atoms with Crippen molar-refractivity contribution in [3.8, 4) is 0 Å². The predicted octanol–water partition coefficient (Wildman–Crippen LogP) is 2.75. The molecule has 6 heteroatoms. The Morgan fingerprint density at radius 1 is 1.45 bits per heavy atom. The van der Waals surface area contributed by atoms with Crippen LogP contribution in [0, 0.1) is 0 Å². The van der Waals surface area contributed by atoms with Crippen molar-refractivity contribution in [2.24, 2.45) is 5.73 Å². The lowest BCUT2D eigenvalue weighted by Crippen LogP contribution is -2.41. The second-order valence-electron chi connectivity index (χ2n) is 4.40. The number of thiocarbonyl (C=S) groups is 1. The normalized spacial score (nSPS) is 11.8. The van der Waals surface area contributed by atoms with Gasteiger partial charge in [0.2, 0.25) is 5.91 Å². The van der Waals surface area contributed by atoms with Crippen molar-refractivity contribution >= 4 is 44.7 Å². The Hall–Kier alpha value is -1.14. The Labute approximate surface area is 133 Å². The molecule has 0 saturated heterocycles. The first-order chi connectivity index (χ1) is 9.42. The van der Waals surface area contributed by atoms with Crippen LogP contribution >= 0.6 is 28.1 Å². The highest BCUT2D eigenvalue weighted by atomic mass is 79.9. The number of likely N-dealkylation sites (N-methyl/N-ethyl adjacent to an activating group) is 1. The third kappa shape index (κ3) is 3.93. The van der Waals surface area contributed by atoms with Crippen LogP contribution in [0.1, 0.15) is 26.3 Å². The Kier molecular flexibility index (Phi) is 6.42. The molecule has 110 valence electrons. The molecule has 1 aromatic rings. The lowest BCUT2D eigenvalue weighted by molar-refractivity contribution is -0.131. The molecule has 0 aromatic heterocycles. The van der Waals surface area contributed by atoms with E-state index in [0.717, 1.165) is 15.7 Å². The van der Waals surface area contributed by atoms with Crippen LogP contribution in [0.25, 0.3) is 0 Å². The third-order valence-corrected chi connectivity index (χ3v) is 3.94. The van der Waals surface area contributed by atoms with Gasteiger partial charge in [0.15, 0.2) is 0 Å². The van der Waals surface area contributed by atoms with E-state index in [-0.39, 0.29) is 11.9 Å². The van der Waals surface area contributed by atoms with E-state index >= 15 is 0 Å². The Morgan fingerprint density at radius 3 is 2.55 bits per heavy atom. The lowest BCUT2D eigenvalue weighted by Gasteiger charge is -2.25. The maximum Gasteiger partial charge on any atom is 0.244 e. The molecular weight excluding hydrogens is 338 g/mol. The molecule has 0 saturated carbocycles. The summed E-state index contributed by atoms with van der Waals surface area (Å²) in [7, 11) is 0. The zero-order valence-electron chi connectivity index (χ0n) is 11.9. The van der Waals surface area contributed by atoms with Gasteiger partial charge in [-0.1, -0.05) is 18.3 Å². The highest BCUT2D eigenvalue weighted by Crippen LogP contribution is 2.25. The fraction of sp³-hybridized carbons (Fsp3) is 0.429. The van der Waals surface area contributed by atoms with Gasteiger partial charge in [-0.15, -0.1) is 0 Å². The number of nitrogens with two attached hydrogens (primary N) is 1. The largest absolute Gasteiger partial charge is 0.389 e. The number of amides is 1. The average Bonchev–Trinajstić information content (AvgIpc) is 2.39. The van der Waals surface area contributed by atoms with Crippen LogP contribution in [-0.2, 0) is 4.79 Å².